The number of carbonyl (C=O) groups excluding carboxylic acids is 3. The van der Waals surface area contributed by atoms with Crippen LogP contribution in [0.1, 0.15) is 39.7 Å². The number of halogens is 2. The molecule has 0 aliphatic carbocycles. The number of aliphatic carboxylic acids is 1. The Bertz CT molecular complexity index is 815. The number of carboxylic acids is 1. The van der Waals surface area contributed by atoms with Crippen molar-refractivity contribution in [3.05, 3.63) is 27.3 Å². The molecule has 0 radical (unpaired) electrons. The lowest BCUT2D eigenvalue weighted by atomic mass is 10.0. The van der Waals surface area contributed by atoms with E-state index in [-0.39, 0.29) is 18.4 Å². The van der Waals surface area contributed by atoms with E-state index in [4.69, 9.17) is 9.84 Å². The topological polar surface area (TPSA) is 122 Å². The summed E-state index contributed by atoms with van der Waals surface area (Å²) in [5.41, 5.74) is 0.650. The molecule has 8 nitrogen and oxygen atoms in total. The fourth-order valence-corrected chi connectivity index (χ4v) is 3.32. The molecule has 0 spiro atoms. The van der Waals surface area contributed by atoms with Crippen molar-refractivity contribution in [2.75, 3.05) is 6.67 Å². The summed E-state index contributed by atoms with van der Waals surface area (Å²) in [6.07, 6.45) is -0.876. The molecule has 0 saturated carbocycles. The number of ketones is 1. The first-order valence-electron chi connectivity index (χ1n) is 9.79. The Balaban J connectivity index is 2.94. The second kappa shape index (κ2) is 12.6. The third kappa shape index (κ3) is 9.19. The van der Waals surface area contributed by atoms with E-state index in [9.17, 15) is 23.6 Å². The lowest BCUT2D eigenvalue weighted by Gasteiger charge is -2.24. The molecule has 1 aromatic rings. The van der Waals surface area contributed by atoms with Crippen molar-refractivity contribution in [2.45, 2.75) is 58.7 Å². The summed E-state index contributed by atoms with van der Waals surface area (Å²) in [5.74, 6) is -3.40. The standard InChI is InChI=1S/C21H28FIN2O6/c1-11(2)20(21(30)24-15(9-19(28)29)16(26)10-22)25-18(27)8-13-7-14(23)5-6-17(13)31-12(3)4/h5-7,11-12,15,20H,8-10H2,1-4H3,(H,24,30)(H,25,27)(H,28,29)/t15?,20-/m0/s1/i23-2. The van der Waals surface area contributed by atoms with Crippen LogP contribution >= 0.6 is 22.6 Å². The fourth-order valence-electron chi connectivity index (χ4n) is 2.76. The molecule has 0 aliphatic heterocycles. The van der Waals surface area contributed by atoms with Gasteiger partial charge in [-0.15, -0.1) is 0 Å². The molecule has 0 aliphatic rings. The molecule has 1 aromatic carbocycles. The van der Waals surface area contributed by atoms with E-state index in [2.05, 4.69) is 33.2 Å². The molecule has 0 aromatic heterocycles. The van der Waals surface area contributed by atoms with Crippen molar-refractivity contribution >= 4 is 46.2 Å². The summed E-state index contributed by atoms with van der Waals surface area (Å²) in [7, 11) is 0. The smallest absolute Gasteiger partial charge is 0.305 e. The van der Waals surface area contributed by atoms with Crippen LogP contribution < -0.4 is 15.4 Å². The highest BCUT2D eigenvalue weighted by atomic mass is 125. The second-order valence-electron chi connectivity index (χ2n) is 7.64. The Morgan fingerprint density at radius 3 is 2.29 bits per heavy atom. The zero-order valence-corrected chi connectivity index (χ0v) is 20.1. The highest BCUT2D eigenvalue weighted by Crippen LogP contribution is 2.23. The number of ether oxygens (including phenoxy) is 1. The van der Waals surface area contributed by atoms with Gasteiger partial charge in [-0.25, -0.2) is 4.39 Å². The predicted octanol–water partition coefficient (Wildman–Crippen LogP) is 2.26. The van der Waals surface area contributed by atoms with Crippen LogP contribution in [0.2, 0.25) is 0 Å². The zero-order chi connectivity index (χ0) is 23.7. The third-order valence-corrected chi connectivity index (χ3v) is 4.89. The summed E-state index contributed by atoms with van der Waals surface area (Å²) < 4.78 is 19.4. The molecule has 0 heterocycles. The minimum Gasteiger partial charge on any atom is -0.491 e. The van der Waals surface area contributed by atoms with Gasteiger partial charge in [-0.2, -0.15) is 0 Å². The van der Waals surface area contributed by atoms with Crippen molar-refractivity contribution < 1.29 is 33.4 Å². The van der Waals surface area contributed by atoms with Gasteiger partial charge >= 0.3 is 5.97 Å². The number of rotatable bonds is 12. The van der Waals surface area contributed by atoms with Crippen LogP contribution in [0.3, 0.4) is 0 Å². The molecule has 3 N–H and O–H groups in total. The van der Waals surface area contributed by atoms with Gasteiger partial charge < -0.3 is 20.5 Å². The van der Waals surface area contributed by atoms with Crippen molar-refractivity contribution in [3.63, 3.8) is 0 Å². The quantitative estimate of drug-likeness (QED) is 0.345. The van der Waals surface area contributed by atoms with Gasteiger partial charge in [0.05, 0.1) is 18.9 Å². The zero-order valence-electron chi connectivity index (χ0n) is 17.9. The lowest BCUT2D eigenvalue weighted by Crippen LogP contribution is -2.54. The average molecular weight is 548 g/mol. The molecule has 0 bridgehead atoms. The van der Waals surface area contributed by atoms with E-state index in [1.54, 1.807) is 19.9 Å². The van der Waals surface area contributed by atoms with Gasteiger partial charge in [-0.1, -0.05) is 13.8 Å². The Kier molecular flexibility index (Phi) is 10.9. The van der Waals surface area contributed by atoms with Crippen molar-refractivity contribution in [1.82, 2.24) is 10.6 Å². The lowest BCUT2D eigenvalue weighted by molar-refractivity contribution is -0.140. The Hall–Kier alpha value is -2.24. The number of carbonyl (C=O) groups is 4. The Labute approximate surface area is 194 Å². The number of alkyl halides is 1. The minimum atomic E-state index is -1.50. The molecule has 2 amide bonds. The van der Waals surface area contributed by atoms with Crippen LogP contribution in [0.25, 0.3) is 0 Å². The molecule has 1 unspecified atom stereocenters. The maximum absolute atomic E-state index is 12.7. The average Bonchev–Trinajstić information content (AvgIpc) is 2.66. The van der Waals surface area contributed by atoms with Crippen LogP contribution in [0.5, 0.6) is 5.75 Å². The highest BCUT2D eigenvalue weighted by Gasteiger charge is 2.30. The van der Waals surface area contributed by atoms with Gasteiger partial charge in [-0.05, 0) is 60.6 Å². The minimum absolute atomic E-state index is 0.0443. The molecule has 172 valence electrons. The van der Waals surface area contributed by atoms with Crippen LogP contribution in [0.15, 0.2) is 18.2 Å². The monoisotopic (exact) mass is 548 g/mol. The molecule has 0 saturated heterocycles. The van der Waals surface area contributed by atoms with Gasteiger partial charge in [0.1, 0.15) is 24.5 Å². The van der Waals surface area contributed by atoms with Gasteiger partial charge in [0.2, 0.25) is 11.8 Å². The molecule has 0 fully saturated rings. The van der Waals surface area contributed by atoms with Crippen LogP contribution in [-0.2, 0) is 25.6 Å². The van der Waals surface area contributed by atoms with Gasteiger partial charge in [0, 0.05) is 9.13 Å². The fraction of sp³-hybridized carbons (Fsp3) is 0.524. The number of benzene rings is 1. The number of carboxylic acid groups (broad SMARTS) is 1. The predicted molar refractivity (Wildman–Crippen MR) is 121 cm³/mol. The van der Waals surface area contributed by atoms with E-state index >= 15 is 0 Å². The second-order valence-corrected chi connectivity index (χ2v) is 8.89. The van der Waals surface area contributed by atoms with Crippen molar-refractivity contribution in [2.24, 2.45) is 5.92 Å². The largest absolute Gasteiger partial charge is 0.491 e. The number of amides is 2. The molecular formula is C21H28FIN2O6. The van der Waals surface area contributed by atoms with Gasteiger partial charge in [0.25, 0.3) is 0 Å². The summed E-state index contributed by atoms with van der Waals surface area (Å²) in [4.78, 5) is 47.9. The third-order valence-electron chi connectivity index (χ3n) is 4.22. The number of hydrogen-bond donors (Lipinski definition) is 3. The summed E-state index contributed by atoms with van der Waals surface area (Å²) in [5, 5.41) is 13.8. The van der Waals surface area contributed by atoms with E-state index in [1.165, 1.54) is 0 Å². The SMILES string of the molecule is CC(C)Oc1ccc([125I])cc1CC(=O)N[C@H](C(=O)NC(CC(=O)O)C(=O)CF)C(C)C. The number of nitrogens with one attached hydrogen (secondary N) is 2. The number of hydrogen-bond acceptors (Lipinski definition) is 5. The summed E-state index contributed by atoms with van der Waals surface area (Å²) >= 11 is 2.12. The highest BCUT2D eigenvalue weighted by molar-refractivity contribution is 14.1. The first-order valence-corrected chi connectivity index (χ1v) is 10.9. The number of Topliss-reactive ketones (excluding diaryl/α,β-unsaturated/α-hetero) is 1. The van der Waals surface area contributed by atoms with Crippen LogP contribution in [-0.4, -0.2) is 53.5 Å². The Morgan fingerprint density at radius 2 is 1.77 bits per heavy atom. The van der Waals surface area contributed by atoms with Crippen LogP contribution in [0, 0.1) is 9.49 Å². The van der Waals surface area contributed by atoms with E-state index in [0.717, 1.165) is 3.57 Å². The first kappa shape index (κ1) is 26.8. The molecule has 10 heteroatoms. The summed E-state index contributed by atoms with van der Waals surface area (Å²) in [6, 6.07) is 2.90. The maximum Gasteiger partial charge on any atom is 0.305 e. The van der Waals surface area contributed by atoms with Gasteiger partial charge in [0.15, 0.2) is 5.78 Å². The summed E-state index contributed by atoms with van der Waals surface area (Å²) in [6.45, 7) is 5.71. The molecule has 1 rings (SSSR count). The molecular weight excluding hydrogens is 520 g/mol. The van der Waals surface area contributed by atoms with Crippen molar-refractivity contribution in [1.29, 1.82) is 0 Å². The first-order chi connectivity index (χ1) is 14.4. The van der Waals surface area contributed by atoms with Crippen molar-refractivity contribution in [3.8, 4) is 5.75 Å². The van der Waals surface area contributed by atoms with E-state index in [0.29, 0.717) is 11.3 Å². The molecule has 31 heavy (non-hydrogen) atoms. The van der Waals surface area contributed by atoms with Gasteiger partial charge in [-0.3, -0.25) is 19.2 Å². The van der Waals surface area contributed by atoms with Crippen LogP contribution in [0.4, 0.5) is 4.39 Å². The van der Waals surface area contributed by atoms with E-state index < -0.39 is 48.7 Å². The normalized spacial score (nSPS) is 12.9. The maximum atomic E-state index is 12.7. The molecule has 2 atom stereocenters. The van der Waals surface area contributed by atoms with E-state index in [1.807, 2.05) is 26.0 Å². The Morgan fingerprint density at radius 1 is 1.13 bits per heavy atom.